The average molecular weight is 301 g/mol. The molecule has 6 nitrogen and oxygen atoms in total. The number of aryl methyl sites for hydroxylation is 1. The van der Waals surface area contributed by atoms with E-state index in [1.165, 1.54) is 0 Å². The third-order valence-electron chi connectivity index (χ3n) is 3.27. The van der Waals surface area contributed by atoms with Gasteiger partial charge in [0.15, 0.2) is 0 Å². The lowest BCUT2D eigenvalue weighted by molar-refractivity contribution is 0.244. The maximum Gasteiger partial charge on any atom is 0.220 e. The summed E-state index contributed by atoms with van der Waals surface area (Å²) in [6.45, 7) is 6.68. The summed E-state index contributed by atoms with van der Waals surface area (Å²) < 4.78 is 5.84. The number of anilines is 1. The van der Waals surface area contributed by atoms with Crippen molar-refractivity contribution >= 4 is 5.95 Å². The summed E-state index contributed by atoms with van der Waals surface area (Å²) in [4.78, 5) is 12.6. The number of nitrogens with two attached hydrogens (primary N) is 2. The Bertz CT molecular complexity index is 630. The van der Waals surface area contributed by atoms with Crippen LogP contribution in [-0.2, 0) is 0 Å². The van der Waals surface area contributed by atoms with E-state index in [1.54, 1.807) is 12.3 Å². The van der Waals surface area contributed by atoms with Gasteiger partial charge < -0.3 is 16.2 Å². The second-order valence-corrected chi connectivity index (χ2v) is 5.71. The van der Waals surface area contributed by atoms with Crippen molar-refractivity contribution in [3.63, 3.8) is 0 Å². The quantitative estimate of drug-likeness (QED) is 0.848. The first-order valence-electron chi connectivity index (χ1n) is 7.40. The number of hydrogen-bond donors (Lipinski definition) is 2. The van der Waals surface area contributed by atoms with Crippen molar-refractivity contribution < 1.29 is 4.74 Å². The van der Waals surface area contributed by atoms with Crippen LogP contribution in [0.1, 0.15) is 26.0 Å². The zero-order valence-electron chi connectivity index (χ0n) is 13.3. The van der Waals surface area contributed by atoms with Crippen molar-refractivity contribution in [1.29, 1.82) is 0 Å². The maximum atomic E-state index is 5.84. The highest BCUT2D eigenvalue weighted by atomic mass is 16.5. The lowest BCUT2D eigenvalue weighted by atomic mass is 10.0. The molecule has 2 unspecified atom stereocenters. The van der Waals surface area contributed by atoms with Crippen LogP contribution in [-0.4, -0.2) is 27.6 Å². The van der Waals surface area contributed by atoms with Gasteiger partial charge in [0, 0.05) is 12.2 Å². The van der Waals surface area contributed by atoms with Crippen molar-refractivity contribution in [1.82, 2.24) is 15.0 Å². The van der Waals surface area contributed by atoms with Gasteiger partial charge in [-0.2, -0.15) is 0 Å². The Morgan fingerprint density at radius 3 is 2.50 bits per heavy atom. The van der Waals surface area contributed by atoms with E-state index >= 15 is 0 Å². The van der Waals surface area contributed by atoms with Gasteiger partial charge >= 0.3 is 0 Å². The summed E-state index contributed by atoms with van der Waals surface area (Å²) >= 11 is 0. The first-order valence-corrected chi connectivity index (χ1v) is 7.40. The summed E-state index contributed by atoms with van der Waals surface area (Å²) in [6.07, 6.45) is 2.56. The number of aromatic nitrogens is 3. The molecule has 0 bridgehead atoms. The second kappa shape index (κ2) is 7.17. The highest BCUT2D eigenvalue weighted by molar-refractivity contribution is 5.56. The Hall–Kier alpha value is -2.21. The van der Waals surface area contributed by atoms with E-state index < -0.39 is 0 Å². The molecule has 0 aliphatic heterocycles. The number of nitrogen functional groups attached to an aromatic ring is 1. The molecule has 22 heavy (non-hydrogen) atoms. The van der Waals surface area contributed by atoms with Crippen LogP contribution in [0.2, 0.25) is 0 Å². The lowest BCUT2D eigenvalue weighted by Crippen LogP contribution is -2.21. The molecule has 2 aromatic heterocycles. The van der Waals surface area contributed by atoms with Crippen LogP contribution in [0, 0.1) is 12.8 Å². The summed E-state index contributed by atoms with van der Waals surface area (Å²) in [5.74, 6) is 1.42. The normalized spacial score (nSPS) is 13.6. The van der Waals surface area contributed by atoms with E-state index in [0.29, 0.717) is 18.2 Å². The number of ether oxygens (including phenoxy) is 1. The van der Waals surface area contributed by atoms with Crippen LogP contribution in [0.3, 0.4) is 0 Å². The molecule has 2 atom stereocenters. The van der Waals surface area contributed by atoms with Gasteiger partial charge in [-0.3, -0.25) is 0 Å². The minimum atomic E-state index is 0.184. The van der Waals surface area contributed by atoms with Crippen LogP contribution < -0.4 is 16.2 Å². The highest BCUT2D eigenvalue weighted by Crippen LogP contribution is 2.22. The van der Waals surface area contributed by atoms with Gasteiger partial charge in [0.2, 0.25) is 5.95 Å². The van der Waals surface area contributed by atoms with E-state index in [4.69, 9.17) is 16.2 Å². The molecule has 0 aromatic carbocycles. The Kier molecular flexibility index (Phi) is 5.27. The Morgan fingerprint density at radius 1 is 1.14 bits per heavy atom. The van der Waals surface area contributed by atoms with E-state index in [-0.39, 0.29) is 12.0 Å². The van der Waals surface area contributed by atoms with Gasteiger partial charge in [0.05, 0.1) is 23.7 Å². The molecule has 0 radical (unpaired) electrons. The fourth-order valence-corrected chi connectivity index (χ4v) is 2.29. The van der Waals surface area contributed by atoms with Crippen LogP contribution in [0.5, 0.6) is 5.75 Å². The Morgan fingerprint density at radius 2 is 1.86 bits per heavy atom. The topological polar surface area (TPSA) is 99.9 Å². The summed E-state index contributed by atoms with van der Waals surface area (Å²) in [5, 5.41) is 0. The molecule has 0 aliphatic rings. The van der Waals surface area contributed by atoms with Gasteiger partial charge in [-0.1, -0.05) is 6.92 Å². The van der Waals surface area contributed by atoms with Crippen molar-refractivity contribution in [2.24, 2.45) is 11.7 Å². The molecule has 0 fully saturated rings. The zero-order chi connectivity index (χ0) is 16.1. The van der Waals surface area contributed by atoms with Crippen molar-refractivity contribution in [2.75, 3.05) is 12.3 Å². The number of hydrogen-bond acceptors (Lipinski definition) is 6. The molecule has 0 amide bonds. The third kappa shape index (κ3) is 4.39. The molecule has 0 spiro atoms. The minimum absolute atomic E-state index is 0.184. The van der Waals surface area contributed by atoms with Crippen molar-refractivity contribution in [3.05, 3.63) is 30.1 Å². The van der Waals surface area contributed by atoms with Crippen molar-refractivity contribution in [3.8, 4) is 17.1 Å². The molecular weight excluding hydrogens is 278 g/mol. The molecule has 4 N–H and O–H groups in total. The summed E-state index contributed by atoms with van der Waals surface area (Å²) in [5.41, 5.74) is 13.7. The fraction of sp³-hybridized carbons (Fsp3) is 0.438. The maximum absolute atomic E-state index is 5.84. The Balaban J connectivity index is 2.07. The third-order valence-corrected chi connectivity index (χ3v) is 3.27. The lowest BCUT2D eigenvalue weighted by Gasteiger charge is -2.16. The molecular formula is C16H23N5O. The minimum Gasteiger partial charge on any atom is -0.491 e. The van der Waals surface area contributed by atoms with Crippen LogP contribution >= 0.6 is 0 Å². The molecule has 6 heteroatoms. The fourth-order valence-electron chi connectivity index (χ4n) is 2.29. The molecule has 2 rings (SSSR count). The van der Waals surface area contributed by atoms with Crippen molar-refractivity contribution in [2.45, 2.75) is 33.2 Å². The summed E-state index contributed by atoms with van der Waals surface area (Å²) in [6, 6.07) is 5.75. The number of rotatable bonds is 6. The standard InChI is InChI=1S/C16H23N5O/c1-10(8-11(2)17)9-22-15-5-4-13(20-12(15)3)14-6-7-19-16(18)21-14/h4-7,10-11H,8-9,17H2,1-3H3,(H2,18,19,21). The summed E-state index contributed by atoms with van der Waals surface area (Å²) in [7, 11) is 0. The largest absolute Gasteiger partial charge is 0.491 e. The predicted octanol–water partition coefficient (Wildman–Crippen LogP) is 2.18. The Labute approximate surface area is 130 Å². The zero-order valence-corrected chi connectivity index (χ0v) is 13.3. The van der Waals surface area contributed by atoms with Crippen LogP contribution in [0.25, 0.3) is 11.4 Å². The van der Waals surface area contributed by atoms with E-state index in [9.17, 15) is 0 Å². The van der Waals surface area contributed by atoms with Gasteiger partial charge in [0.1, 0.15) is 5.75 Å². The predicted molar refractivity (Wildman–Crippen MR) is 87.3 cm³/mol. The SMILES string of the molecule is Cc1nc(-c2ccnc(N)n2)ccc1OCC(C)CC(C)N. The molecule has 0 saturated carbocycles. The van der Waals surface area contributed by atoms with Crippen LogP contribution in [0.4, 0.5) is 5.95 Å². The first kappa shape index (κ1) is 16.2. The van der Waals surface area contributed by atoms with Gasteiger partial charge in [-0.05, 0) is 44.4 Å². The average Bonchev–Trinajstić information content (AvgIpc) is 2.45. The second-order valence-electron chi connectivity index (χ2n) is 5.71. The molecule has 2 aromatic rings. The smallest absolute Gasteiger partial charge is 0.220 e. The van der Waals surface area contributed by atoms with Crippen LogP contribution in [0.15, 0.2) is 24.4 Å². The monoisotopic (exact) mass is 301 g/mol. The molecule has 0 aliphatic carbocycles. The van der Waals surface area contributed by atoms with E-state index in [2.05, 4.69) is 21.9 Å². The van der Waals surface area contributed by atoms with Gasteiger partial charge in [-0.25, -0.2) is 15.0 Å². The molecule has 118 valence electrons. The van der Waals surface area contributed by atoms with E-state index in [1.807, 2.05) is 26.0 Å². The number of nitrogens with zero attached hydrogens (tertiary/aromatic N) is 3. The highest BCUT2D eigenvalue weighted by Gasteiger charge is 2.10. The molecule has 2 heterocycles. The van der Waals surface area contributed by atoms with Gasteiger partial charge in [0.25, 0.3) is 0 Å². The van der Waals surface area contributed by atoms with Gasteiger partial charge in [-0.15, -0.1) is 0 Å². The molecule has 0 saturated heterocycles. The van der Waals surface area contributed by atoms with E-state index in [0.717, 1.165) is 23.6 Å². The number of pyridine rings is 1. The first-order chi connectivity index (χ1) is 10.5.